The highest BCUT2D eigenvalue weighted by Gasteiger charge is 2.30. The van der Waals surface area contributed by atoms with Crippen molar-refractivity contribution in [1.29, 1.82) is 0 Å². The molecule has 0 saturated heterocycles. The Bertz CT molecular complexity index is 649. The van der Waals surface area contributed by atoms with E-state index in [1.54, 1.807) is 0 Å². The Morgan fingerprint density at radius 3 is 2.60 bits per heavy atom. The first-order valence-corrected chi connectivity index (χ1v) is 7.68. The Balaban J connectivity index is 2.19. The van der Waals surface area contributed by atoms with Gasteiger partial charge in [-0.25, -0.2) is 4.79 Å². The maximum Gasteiger partial charge on any atom is 0.422 e. The highest BCUT2D eigenvalue weighted by atomic mass is 19.4. The van der Waals surface area contributed by atoms with Gasteiger partial charge >= 0.3 is 12.1 Å². The van der Waals surface area contributed by atoms with Gasteiger partial charge in [-0.2, -0.15) is 13.2 Å². The van der Waals surface area contributed by atoms with Crippen LogP contribution in [0.5, 0.6) is 5.75 Å². The van der Waals surface area contributed by atoms with Crippen LogP contribution in [-0.4, -0.2) is 37.8 Å². The van der Waals surface area contributed by atoms with E-state index in [-0.39, 0.29) is 34.9 Å². The summed E-state index contributed by atoms with van der Waals surface area (Å²) in [6.45, 7) is -1.55. The molecule has 0 aliphatic heterocycles. The van der Waals surface area contributed by atoms with E-state index in [4.69, 9.17) is 10.5 Å². The smallest absolute Gasteiger partial charge is 0.422 e. The average Bonchev–Trinajstić information content (AvgIpc) is 2.99. The van der Waals surface area contributed by atoms with Gasteiger partial charge in [-0.3, -0.25) is 4.79 Å². The van der Waals surface area contributed by atoms with Crippen molar-refractivity contribution in [2.75, 3.05) is 19.0 Å². The summed E-state index contributed by atoms with van der Waals surface area (Å²) in [5, 5.41) is 2.55. The molecule has 9 heteroatoms. The normalized spacial score (nSPS) is 20.2. The Morgan fingerprint density at radius 2 is 2.04 bits per heavy atom. The number of amides is 1. The van der Waals surface area contributed by atoms with E-state index < -0.39 is 18.8 Å². The molecule has 138 valence electrons. The predicted molar refractivity (Wildman–Crippen MR) is 83.3 cm³/mol. The quantitative estimate of drug-likeness (QED) is 0.788. The molecule has 1 aliphatic rings. The molecular formula is C16H19F3N2O4. The van der Waals surface area contributed by atoms with E-state index in [1.807, 2.05) is 0 Å². The molecule has 1 aromatic rings. The van der Waals surface area contributed by atoms with Crippen LogP contribution in [0.15, 0.2) is 18.2 Å². The summed E-state index contributed by atoms with van der Waals surface area (Å²) in [5.41, 5.74) is 5.84. The summed E-state index contributed by atoms with van der Waals surface area (Å²) < 4.78 is 46.6. The lowest BCUT2D eigenvalue weighted by molar-refractivity contribution is -0.153. The summed E-state index contributed by atoms with van der Waals surface area (Å²) in [6.07, 6.45) is -2.70. The largest absolute Gasteiger partial charge is 0.482 e. The Hall–Kier alpha value is -2.29. The number of rotatable bonds is 5. The molecule has 1 fully saturated rings. The Labute approximate surface area is 142 Å². The van der Waals surface area contributed by atoms with E-state index in [9.17, 15) is 22.8 Å². The minimum absolute atomic E-state index is 0.0144. The molecule has 0 bridgehead atoms. The SMILES string of the molecule is COC(=O)c1ccc(NC(=O)C2CCC(N)C2)c(OCC(F)(F)F)c1. The first-order valence-electron chi connectivity index (χ1n) is 7.68. The van der Waals surface area contributed by atoms with Crippen LogP contribution in [-0.2, 0) is 9.53 Å². The van der Waals surface area contributed by atoms with Gasteiger partial charge in [-0.05, 0) is 37.5 Å². The molecule has 3 N–H and O–H groups in total. The van der Waals surface area contributed by atoms with Gasteiger partial charge in [0, 0.05) is 12.0 Å². The van der Waals surface area contributed by atoms with E-state index >= 15 is 0 Å². The summed E-state index contributed by atoms with van der Waals surface area (Å²) in [7, 11) is 1.15. The minimum atomic E-state index is -4.55. The third kappa shape index (κ3) is 5.35. The predicted octanol–water partition coefficient (Wildman–Crippen LogP) is 2.48. The first-order chi connectivity index (χ1) is 11.7. The van der Waals surface area contributed by atoms with Gasteiger partial charge in [0.05, 0.1) is 18.4 Å². The van der Waals surface area contributed by atoms with E-state index in [0.717, 1.165) is 19.6 Å². The fourth-order valence-corrected chi connectivity index (χ4v) is 2.64. The van der Waals surface area contributed by atoms with Gasteiger partial charge in [0.1, 0.15) is 5.75 Å². The molecule has 1 saturated carbocycles. The molecule has 0 radical (unpaired) electrons. The van der Waals surface area contributed by atoms with Crippen molar-refractivity contribution in [3.63, 3.8) is 0 Å². The second kappa shape index (κ2) is 7.73. The van der Waals surface area contributed by atoms with Crippen molar-refractivity contribution in [2.45, 2.75) is 31.5 Å². The third-order valence-electron chi connectivity index (χ3n) is 3.90. The molecule has 0 aromatic heterocycles. The zero-order valence-electron chi connectivity index (χ0n) is 13.6. The van der Waals surface area contributed by atoms with Gasteiger partial charge in [0.25, 0.3) is 0 Å². The van der Waals surface area contributed by atoms with Crippen molar-refractivity contribution in [1.82, 2.24) is 0 Å². The molecule has 0 spiro atoms. The van der Waals surface area contributed by atoms with E-state index in [0.29, 0.717) is 12.8 Å². The van der Waals surface area contributed by atoms with Gasteiger partial charge in [0.2, 0.25) is 5.91 Å². The molecule has 2 atom stereocenters. The van der Waals surface area contributed by atoms with Gasteiger partial charge < -0.3 is 20.5 Å². The first kappa shape index (κ1) is 19.0. The molecule has 6 nitrogen and oxygen atoms in total. The van der Waals surface area contributed by atoms with Gasteiger partial charge in [0.15, 0.2) is 6.61 Å². The van der Waals surface area contributed by atoms with Crippen LogP contribution in [0.2, 0.25) is 0 Å². The highest BCUT2D eigenvalue weighted by molar-refractivity contribution is 5.96. The van der Waals surface area contributed by atoms with Crippen LogP contribution < -0.4 is 15.8 Å². The molecule has 0 heterocycles. The Kier molecular flexibility index (Phi) is 5.89. The highest BCUT2D eigenvalue weighted by Crippen LogP contribution is 2.31. The number of carbonyl (C=O) groups excluding carboxylic acids is 2. The van der Waals surface area contributed by atoms with Crippen molar-refractivity contribution in [3.8, 4) is 5.75 Å². The number of carbonyl (C=O) groups is 2. The third-order valence-corrected chi connectivity index (χ3v) is 3.90. The maximum atomic E-state index is 12.4. The van der Waals surface area contributed by atoms with Crippen LogP contribution in [0.3, 0.4) is 0 Å². The number of nitrogens with one attached hydrogen (secondary N) is 1. The number of hydrogen-bond acceptors (Lipinski definition) is 5. The molecular weight excluding hydrogens is 341 g/mol. The summed E-state index contributed by atoms with van der Waals surface area (Å²) >= 11 is 0. The number of esters is 1. The zero-order chi connectivity index (χ0) is 18.6. The van der Waals surface area contributed by atoms with Crippen LogP contribution in [0.1, 0.15) is 29.6 Å². The number of ether oxygens (including phenoxy) is 2. The number of halogens is 3. The van der Waals surface area contributed by atoms with Crippen LogP contribution in [0.25, 0.3) is 0 Å². The number of methoxy groups -OCH3 is 1. The average molecular weight is 360 g/mol. The lowest BCUT2D eigenvalue weighted by Crippen LogP contribution is -2.24. The number of hydrogen-bond donors (Lipinski definition) is 2. The van der Waals surface area contributed by atoms with Crippen molar-refractivity contribution < 1.29 is 32.2 Å². The van der Waals surface area contributed by atoms with Crippen LogP contribution in [0.4, 0.5) is 18.9 Å². The second-order valence-corrected chi connectivity index (χ2v) is 5.87. The van der Waals surface area contributed by atoms with Gasteiger partial charge in [-0.15, -0.1) is 0 Å². The fourth-order valence-electron chi connectivity index (χ4n) is 2.64. The molecule has 1 amide bonds. The lowest BCUT2D eigenvalue weighted by Gasteiger charge is -2.16. The number of anilines is 1. The molecule has 1 aliphatic carbocycles. The topological polar surface area (TPSA) is 90.7 Å². The van der Waals surface area contributed by atoms with Gasteiger partial charge in [-0.1, -0.05) is 0 Å². The van der Waals surface area contributed by atoms with E-state index in [1.165, 1.54) is 12.1 Å². The minimum Gasteiger partial charge on any atom is -0.482 e. The van der Waals surface area contributed by atoms with E-state index in [2.05, 4.69) is 10.1 Å². The van der Waals surface area contributed by atoms with Crippen molar-refractivity contribution >= 4 is 17.6 Å². The molecule has 2 rings (SSSR count). The molecule has 1 aromatic carbocycles. The summed E-state index contributed by atoms with van der Waals surface area (Å²) in [6, 6.07) is 3.69. The van der Waals surface area contributed by atoms with Crippen LogP contribution >= 0.6 is 0 Å². The summed E-state index contributed by atoms with van der Waals surface area (Å²) in [4.78, 5) is 23.8. The number of benzene rings is 1. The number of nitrogens with two attached hydrogens (primary N) is 1. The second-order valence-electron chi connectivity index (χ2n) is 5.87. The van der Waals surface area contributed by atoms with Crippen molar-refractivity contribution in [2.24, 2.45) is 11.7 Å². The summed E-state index contributed by atoms with van der Waals surface area (Å²) in [5.74, 6) is -1.62. The number of alkyl halides is 3. The zero-order valence-corrected chi connectivity index (χ0v) is 13.6. The standard InChI is InChI=1S/C16H19F3N2O4/c1-24-15(23)10-3-5-12(13(7-10)25-8-16(17,18)19)21-14(22)9-2-4-11(20)6-9/h3,5,7,9,11H,2,4,6,8,20H2,1H3,(H,21,22). The monoisotopic (exact) mass is 360 g/mol. The Morgan fingerprint density at radius 1 is 1.32 bits per heavy atom. The van der Waals surface area contributed by atoms with Crippen molar-refractivity contribution in [3.05, 3.63) is 23.8 Å². The fraction of sp³-hybridized carbons (Fsp3) is 0.500. The molecule has 2 unspecified atom stereocenters. The maximum absolute atomic E-state index is 12.4. The van der Waals surface area contributed by atoms with Crippen LogP contribution in [0, 0.1) is 5.92 Å². The lowest BCUT2D eigenvalue weighted by atomic mass is 10.1. The molecule has 25 heavy (non-hydrogen) atoms.